The van der Waals surface area contributed by atoms with E-state index in [2.05, 4.69) is 15.2 Å². The molecule has 17 heavy (non-hydrogen) atoms. The fraction of sp³-hybridized carbons (Fsp3) is 0.455. The molecule has 0 N–H and O–H groups in total. The predicted octanol–water partition coefficient (Wildman–Crippen LogP) is 0.765. The molecule has 0 aliphatic rings. The Labute approximate surface area is 99.3 Å². The van der Waals surface area contributed by atoms with Gasteiger partial charge < -0.3 is 0 Å². The average molecular weight is 233 g/mol. The van der Waals surface area contributed by atoms with E-state index in [1.807, 2.05) is 13.8 Å². The average Bonchev–Trinajstić information content (AvgIpc) is 2.84. The highest BCUT2D eigenvalue weighted by molar-refractivity contribution is 5.95. The number of rotatable bonds is 4. The van der Waals surface area contributed by atoms with E-state index in [1.54, 1.807) is 22.5 Å². The molecule has 6 nitrogen and oxygen atoms in total. The van der Waals surface area contributed by atoms with Gasteiger partial charge in [-0.2, -0.15) is 10.2 Å². The van der Waals surface area contributed by atoms with Crippen molar-refractivity contribution in [1.29, 1.82) is 0 Å². The summed E-state index contributed by atoms with van der Waals surface area (Å²) >= 11 is 0. The molecule has 0 amide bonds. The van der Waals surface area contributed by atoms with E-state index < -0.39 is 0 Å². The first kappa shape index (κ1) is 11.5. The van der Waals surface area contributed by atoms with Gasteiger partial charge in [0, 0.05) is 13.6 Å². The van der Waals surface area contributed by atoms with Crippen molar-refractivity contribution in [2.24, 2.45) is 7.05 Å². The van der Waals surface area contributed by atoms with Crippen LogP contribution in [0.5, 0.6) is 0 Å². The maximum atomic E-state index is 12.1. The van der Waals surface area contributed by atoms with Crippen LogP contribution in [0.4, 0.5) is 0 Å². The lowest BCUT2D eigenvalue weighted by atomic mass is 10.2. The van der Waals surface area contributed by atoms with E-state index in [0.29, 0.717) is 18.1 Å². The molecule has 0 aromatic carbocycles. The van der Waals surface area contributed by atoms with E-state index >= 15 is 0 Å². The van der Waals surface area contributed by atoms with Crippen LogP contribution in [0.1, 0.15) is 28.9 Å². The Bertz CT molecular complexity index is 540. The molecular formula is C11H15N5O. The molecule has 0 saturated carbocycles. The third-order valence-electron chi connectivity index (χ3n) is 2.60. The summed E-state index contributed by atoms with van der Waals surface area (Å²) in [5, 5.41) is 8.20. The lowest BCUT2D eigenvalue weighted by Gasteiger charge is -2.02. The summed E-state index contributed by atoms with van der Waals surface area (Å²) in [5.41, 5.74) is 1.45. The Morgan fingerprint density at radius 3 is 2.82 bits per heavy atom. The number of carbonyl (C=O) groups excluding carboxylic acids is 1. The first-order valence-electron chi connectivity index (χ1n) is 5.52. The summed E-state index contributed by atoms with van der Waals surface area (Å²) in [4.78, 5) is 16.2. The van der Waals surface area contributed by atoms with Gasteiger partial charge in [0.1, 0.15) is 17.8 Å². The minimum Gasteiger partial charge on any atom is -0.292 e. The zero-order valence-corrected chi connectivity index (χ0v) is 10.2. The molecule has 2 aromatic rings. The fourth-order valence-electron chi connectivity index (χ4n) is 1.79. The Morgan fingerprint density at radius 2 is 2.24 bits per heavy atom. The van der Waals surface area contributed by atoms with Gasteiger partial charge in [-0.1, -0.05) is 0 Å². The van der Waals surface area contributed by atoms with E-state index in [1.165, 1.54) is 6.33 Å². The standard InChI is InChI=1S/C11H15N5O/c1-4-16-11(12-7-13-16)6-10(17)9-5-8(2)14-15(9)3/h5,7H,4,6H2,1-3H3. The molecule has 2 heterocycles. The molecule has 0 radical (unpaired) electrons. The van der Waals surface area contributed by atoms with E-state index in [-0.39, 0.29) is 12.2 Å². The topological polar surface area (TPSA) is 65.6 Å². The van der Waals surface area contributed by atoms with Gasteiger partial charge in [0.25, 0.3) is 0 Å². The Morgan fingerprint density at radius 1 is 1.47 bits per heavy atom. The zero-order chi connectivity index (χ0) is 12.4. The lowest BCUT2D eigenvalue weighted by molar-refractivity contribution is 0.0980. The summed E-state index contributed by atoms with van der Waals surface area (Å²) in [5.74, 6) is 0.701. The Hall–Kier alpha value is -1.98. The van der Waals surface area contributed by atoms with Gasteiger partial charge >= 0.3 is 0 Å². The van der Waals surface area contributed by atoms with Gasteiger partial charge in [0.15, 0.2) is 5.78 Å². The summed E-state index contributed by atoms with van der Waals surface area (Å²) in [6, 6.07) is 1.79. The fourth-order valence-corrected chi connectivity index (χ4v) is 1.79. The maximum absolute atomic E-state index is 12.1. The van der Waals surface area contributed by atoms with Crippen LogP contribution in [0, 0.1) is 6.92 Å². The summed E-state index contributed by atoms with van der Waals surface area (Å²) in [7, 11) is 1.77. The quantitative estimate of drug-likeness (QED) is 0.731. The number of aryl methyl sites for hydroxylation is 3. The first-order chi connectivity index (χ1) is 8.11. The second-order valence-electron chi connectivity index (χ2n) is 3.89. The van der Waals surface area contributed by atoms with E-state index in [0.717, 1.165) is 5.69 Å². The summed E-state index contributed by atoms with van der Waals surface area (Å²) in [6.45, 7) is 4.55. The zero-order valence-electron chi connectivity index (χ0n) is 10.2. The smallest absolute Gasteiger partial charge is 0.188 e. The number of hydrogen-bond donors (Lipinski definition) is 0. The minimum atomic E-state index is 0.0100. The van der Waals surface area contributed by atoms with Crippen molar-refractivity contribution >= 4 is 5.78 Å². The highest BCUT2D eigenvalue weighted by Gasteiger charge is 2.15. The molecule has 0 aliphatic heterocycles. The normalized spacial score (nSPS) is 10.8. The van der Waals surface area contributed by atoms with Crippen molar-refractivity contribution < 1.29 is 4.79 Å². The summed E-state index contributed by atoms with van der Waals surface area (Å²) < 4.78 is 3.32. The Kier molecular flexibility index (Phi) is 3.03. The third kappa shape index (κ3) is 2.25. The lowest BCUT2D eigenvalue weighted by Crippen LogP contribution is -2.13. The summed E-state index contributed by atoms with van der Waals surface area (Å²) in [6.07, 6.45) is 1.73. The number of hydrogen-bond acceptors (Lipinski definition) is 4. The molecule has 0 bridgehead atoms. The second-order valence-corrected chi connectivity index (χ2v) is 3.89. The number of nitrogens with zero attached hydrogens (tertiary/aromatic N) is 5. The van der Waals surface area contributed by atoms with Crippen LogP contribution in [-0.4, -0.2) is 30.3 Å². The van der Waals surface area contributed by atoms with Gasteiger partial charge in [0.2, 0.25) is 0 Å². The molecule has 0 atom stereocenters. The molecule has 2 rings (SSSR count). The molecule has 90 valence electrons. The van der Waals surface area contributed by atoms with Gasteiger partial charge in [-0.15, -0.1) is 0 Å². The second kappa shape index (κ2) is 4.48. The third-order valence-corrected chi connectivity index (χ3v) is 2.60. The van der Waals surface area contributed by atoms with Crippen molar-refractivity contribution in [1.82, 2.24) is 24.5 Å². The number of ketones is 1. The number of carbonyl (C=O) groups is 1. The molecule has 0 aliphatic carbocycles. The molecule has 0 fully saturated rings. The van der Waals surface area contributed by atoms with Gasteiger partial charge in [-0.25, -0.2) is 9.67 Å². The van der Waals surface area contributed by atoms with Gasteiger partial charge in [-0.3, -0.25) is 9.48 Å². The highest BCUT2D eigenvalue weighted by atomic mass is 16.1. The number of aromatic nitrogens is 5. The van der Waals surface area contributed by atoms with Crippen LogP contribution in [-0.2, 0) is 20.0 Å². The predicted molar refractivity (Wildman–Crippen MR) is 61.7 cm³/mol. The van der Waals surface area contributed by atoms with Crippen LogP contribution < -0.4 is 0 Å². The van der Waals surface area contributed by atoms with Crippen molar-refractivity contribution in [3.8, 4) is 0 Å². The van der Waals surface area contributed by atoms with Gasteiger partial charge in [0.05, 0.1) is 12.1 Å². The molecule has 0 spiro atoms. The van der Waals surface area contributed by atoms with Crippen LogP contribution in [0.15, 0.2) is 12.4 Å². The minimum absolute atomic E-state index is 0.0100. The van der Waals surface area contributed by atoms with Crippen molar-refractivity contribution in [2.75, 3.05) is 0 Å². The largest absolute Gasteiger partial charge is 0.292 e. The van der Waals surface area contributed by atoms with Crippen LogP contribution in [0.3, 0.4) is 0 Å². The first-order valence-corrected chi connectivity index (χ1v) is 5.52. The SMILES string of the molecule is CCn1ncnc1CC(=O)c1cc(C)nn1C. The molecular weight excluding hydrogens is 218 g/mol. The number of Topliss-reactive ketones (excluding diaryl/α,β-unsaturated/α-hetero) is 1. The molecule has 6 heteroatoms. The monoisotopic (exact) mass is 233 g/mol. The van der Waals surface area contributed by atoms with Crippen LogP contribution in [0.2, 0.25) is 0 Å². The van der Waals surface area contributed by atoms with Gasteiger partial charge in [-0.05, 0) is 19.9 Å². The van der Waals surface area contributed by atoms with Crippen LogP contribution >= 0.6 is 0 Å². The van der Waals surface area contributed by atoms with E-state index in [9.17, 15) is 4.79 Å². The maximum Gasteiger partial charge on any atom is 0.188 e. The van der Waals surface area contributed by atoms with Crippen molar-refractivity contribution in [3.05, 3.63) is 29.6 Å². The van der Waals surface area contributed by atoms with Crippen LogP contribution in [0.25, 0.3) is 0 Å². The van der Waals surface area contributed by atoms with Crippen molar-refractivity contribution in [2.45, 2.75) is 26.8 Å². The molecule has 0 saturated heterocycles. The molecule has 2 aromatic heterocycles. The van der Waals surface area contributed by atoms with E-state index in [4.69, 9.17) is 0 Å². The highest BCUT2D eigenvalue weighted by Crippen LogP contribution is 2.07. The molecule has 0 unspecified atom stereocenters. The van der Waals surface area contributed by atoms with Crippen molar-refractivity contribution in [3.63, 3.8) is 0 Å². The Balaban J connectivity index is 2.20.